The molecule has 0 spiro atoms. The van der Waals surface area contributed by atoms with Gasteiger partial charge in [-0.05, 0) is 31.5 Å². The van der Waals surface area contributed by atoms with E-state index in [1.165, 1.54) is 16.9 Å². The topological polar surface area (TPSA) is 12.0 Å². The molecular weight excluding hydrogens is 202 g/mol. The van der Waals surface area contributed by atoms with Gasteiger partial charge in [0, 0.05) is 16.2 Å². The van der Waals surface area contributed by atoms with Gasteiger partial charge >= 0.3 is 0 Å². The largest absolute Gasteiger partial charge is 0.316 e. The van der Waals surface area contributed by atoms with Gasteiger partial charge in [0.05, 0.1) is 0 Å². The van der Waals surface area contributed by atoms with Crippen LogP contribution in [0.4, 0.5) is 0 Å². The third-order valence-corrected chi connectivity index (χ3v) is 4.36. The van der Waals surface area contributed by atoms with E-state index in [4.69, 9.17) is 0 Å². The van der Waals surface area contributed by atoms with E-state index in [0.717, 1.165) is 6.42 Å². The molecule has 0 aromatic heterocycles. The maximum Gasteiger partial charge on any atom is 0.0292 e. The fourth-order valence-corrected chi connectivity index (χ4v) is 3.53. The van der Waals surface area contributed by atoms with Gasteiger partial charge in [-0.2, -0.15) is 0 Å². The number of fused-ring (bicyclic) bond motifs is 1. The van der Waals surface area contributed by atoms with Crippen LogP contribution in [0.3, 0.4) is 0 Å². The van der Waals surface area contributed by atoms with Crippen molar-refractivity contribution in [1.29, 1.82) is 0 Å². The molecule has 1 nitrogen and oxygen atoms in total. The Morgan fingerprint density at radius 1 is 1.60 bits per heavy atom. The van der Waals surface area contributed by atoms with Crippen molar-refractivity contribution in [3.63, 3.8) is 0 Å². The summed E-state index contributed by atoms with van der Waals surface area (Å²) < 4.78 is 0. The first kappa shape index (κ1) is 10.8. The van der Waals surface area contributed by atoms with E-state index in [2.05, 4.69) is 36.2 Å². The van der Waals surface area contributed by atoms with E-state index >= 15 is 0 Å². The van der Waals surface area contributed by atoms with Crippen LogP contribution in [-0.2, 0) is 6.42 Å². The molecule has 1 aromatic rings. The zero-order valence-electron chi connectivity index (χ0n) is 9.07. The van der Waals surface area contributed by atoms with E-state index in [1.54, 1.807) is 0 Å². The summed E-state index contributed by atoms with van der Waals surface area (Å²) >= 11 is 2.00. The van der Waals surface area contributed by atoms with Crippen molar-refractivity contribution in [1.82, 2.24) is 5.32 Å². The molecule has 0 bridgehead atoms. The van der Waals surface area contributed by atoms with Crippen LogP contribution < -0.4 is 5.32 Å². The van der Waals surface area contributed by atoms with Gasteiger partial charge in [-0.3, -0.25) is 0 Å². The first-order chi connectivity index (χ1) is 7.35. The standard InChI is InChI=1S/C13H17NS/c1-3-6-11(14-2)13-9-10-7-4-5-8-12(10)15-13/h3-5,7-8,11,13-14H,1,6,9H2,2H3. The van der Waals surface area contributed by atoms with Crippen molar-refractivity contribution in [2.45, 2.75) is 29.0 Å². The summed E-state index contributed by atoms with van der Waals surface area (Å²) in [5.41, 5.74) is 1.50. The van der Waals surface area contributed by atoms with Crippen LogP contribution in [0.15, 0.2) is 41.8 Å². The van der Waals surface area contributed by atoms with E-state index < -0.39 is 0 Å². The number of thioether (sulfide) groups is 1. The molecule has 1 aliphatic heterocycles. The van der Waals surface area contributed by atoms with Crippen LogP contribution in [0.5, 0.6) is 0 Å². The highest BCUT2D eigenvalue weighted by Gasteiger charge is 2.27. The van der Waals surface area contributed by atoms with E-state index in [-0.39, 0.29) is 0 Å². The summed E-state index contributed by atoms with van der Waals surface area (Å²) in [6.45, 7) is 3.82. The second-order valence-electron chi connectivity index (χ2n) is 3.89. The molecule has 0 radical (unpaired) electrons. The first-order valence-corrected chi connectivity index (χ1v) is 6.26. The Balaban J connectivity index is 2.08. The average Bonchev–Trinajstić information content (AvgIpc) is 2.69. The van der Waals surface area contributed by atoms with E-state index in [9.17, 15) is 0 Å². The van der Waals surface area contributed by atoms with Crippen LogP contribution in [0.25, 0.3) is 0 Å². The lowest BCUT2D eigenvalue weighted by Crippen LogP contribution is -2.34. The molecule has 1 N–H and O–H groups in total. The molecule has 0 fully saturated rings. The van der Waals surface area contributed by atoms with Crippen molar-refractivity contribution in [2.24, 2.45) is 0 Å². The summed E-state index contributed by atoms with van der Waals surface area (Å²) in [6.07, 6.45) is 4.23. The van der Waals surface area contributed by atoms with Crippen LogP contribution in [-0.4, -0.2) is 18.3 Å². The summed E-state index contributed by atoms with van der Waals surface area (Å²) in [6, 6.07) is 9.25. The van der Waals surface area contributed by atoms with Crippen molar-refractivity contribution in [3.05, 3.63) is 42.5 Å². The normalized spacial score (nSPS) is 21.0. The number of hydrogen-bond acceptors (Lipinski definition) is 2. The van der Waals surface area contributed by atoms with E-state index in [0.29, 0.717) is 11.3 Å². The smallest absolute Gasteiger partial charge is 0.0292 e. The minimum absolute atomic E-state index is 0.542. The molecule has 2 heteroatoms. The van der Waals surface area contributed by atoms with Crippen LogP contribution >= 0.6 is 11.8 Å². The number of hydrogen-bond donors (Lipinski definition) is 1. The maximum atomic E-state index is 3.82. The number of nitrogens with one attached hydrogen (secondary N) is 1. The van der Waals surface area contributed by atoms with Crippen LogP contribution in [0.1, 0.15) is 12.0 Å². The van der Waals surface area contributed by atoms with Crippen molar-refractivity contribution in [2.75, 3.05) is 7.05 Å². The molecule has 0 amide bonds. The molecule has 2 rings (SSSR count). The molecule has 80 valence electrons. The Morgan fingerprint density at radius 3 is 3.07 bits per heavy atom. The fraction of sp³-hybridized carbons (Fsp3) is 0.385. The van der Waals surface area contributed by atoms with Crippen LogP contribution in [0, 0.1) is 0 Å². The van der Waals surface area contributed by atoms with Crippen molar-refractivity contribution in [3.8, 4) is 0 Å². The van der Waals surface area contributed by atoms with Gasteiger partial charge in [-0.25, -0.2) is 0 Å². The predicted molar refractivity (Wildman–Crippen MR) is 67.5 cm³/mol. The van der Waals surface area contributed by atoms with Gasteiger partial charge in [-0.15, -0.1) is 18.3 Å². The zero-order chi connectivity index (χ0) is 10.7. The molecule has 1 aromatic carbocycles. The maximum absolute atomic E-state index is 3.82. The second-order valence-corrected chi connectivity index (χ2v) is 5.17. The third-order valence-electron chi connectivity index (χ3n) is 2.91. The molecular formula is C13H17NS. The Kier molecular flexibility index (Phi) is 3.49. The van der Waals surface area contributed by atoms with Gasteiger partial charge in [0.1, 0.15) is 0 Å². The van der Waals surface area contributed by atoms with Gasteiger partial charge in [0.2, 0.25) is 0 Å². The molecule has 0 saturated heterocycles. The van der Waals surface area contributed by atoms with Gasteiger partial charge in [0.15, 0.2) is 0 Å². The lowest BCUT2D eigenvalue weighted by molar-refractivity contribution is 0.546. The van der Waals surface area contributed by atoms with Gasteiger partial charge < -0.3 is 5.32 Å². The van der Waals surface area contributed by atoms with Crippen molar-refractivity contribution >= 4 is 11.8 Å². The van der Waals surface area contributed by atoms with E-state index in [1.807, 2.05) is 24.9 Å². The second kappa shape index (κ2) is 4.86. The molecule has 2 atom stereocenters. The monoisotopic (exact) mass is 219 g/mol. The quantitative estimate of drug-likeness (QED) is 0.782. The SMILES string of the molecule is C=CCC(NC)C1Cc2ccccc2S1. The highest BCUT2D eigenvalue weighted by atomic mass is 32.2. The molecule has 0 saturated carbocycles. The lowest BCUT2D eigenvalue weighted by atomic mass is 10.0. The lowest BCUT2D eigenvalue weighted by Gasteiger charge is -2.20. The third kappa shape index (κ3) is 2.27. The van der Waals surface area contributed by atoms with Crippen LogP contribution in [0.2, 0.25) is 0 Å². The van der Waals surface area contributed by atoms with Gasteiger partial charge in [-0.1, -0.05) is 24.3 Å². The summed E-state index contributed by atoms with van der Waals surface area (Å²) in [4.78, 5) is 1.45. The van der Waals surface area contributed by atoms with Gasteiger partial charge in [0.25, 0.3) is 0 Å². The highest BCUT2D eigenvalue weighted by Crippen LogP contribution is 2.38. The Labute approximate surface area is 96.0 Å². The number of rotatable bonds is 4. The number of benzene rings is 1. The minimum atomic E-state index is 0.542. The molecule has 0 aliphatic carbocycles. The first-order valence-electron chi connectivity index (χ1n) is 5.38. The Morgan fingerprint density at radius 2 is 2.40 bits per heavy atom. The Bertz CT molecular complexity index is 323. The Hall–Kier alpha value is -0.730. The average molecular weight is 219 g/mol. The molecule has 15 heavy (non-hydrogen) atoms. The van der Waals surface area contributed by atoms with Crippen molar-refractivity contribution < 1.29 is 0 Å². The summed E-state index contributed by atoms with van der Waals surface area (Å²) in [7, 11) is 2.04. The minimum Gasteiger partial charge on any atom is -0.316 e. The zero-order valence-corrected chi connectivity index (χ0v) is 9.89. The fourth-order valence-electron chi connectivity index (χ4n) is 2.07. The molecule has 2 unspecified atom stereocenters. The highest BCUT2D eigenvalue weighted by molar-refractivity contribution is 8.00. The predicted octanol–water partition coefficient (Wildman–Crippen LogP) is 2.87. The summed E-state index contributed by atoms with van der Waals surface area (Å²) in [5.74, 6) is 0. The molecule has 1 heterocycles. The summed E-state index contributed by atoms with van der Waals surface area (Å²) in [5, 5.41) is 4.05. The molecule has 1 aliphatic rings.